The molecule has 1 saturated carbocycles. The number of hydrogen-bond acceptors (Lipinski definition) is 4. The molecule has 0 saturated heterocycles. The zero-order valence-electron chi connectivity index (χ0n) is 14.6. The van der Waals surface area contributed by atoms with Gasteiger partial charge in [0, 0.05) is 20.6 Å². The molecule has 1 aromatic rings. The fourth-order valence-corrected chi connectivity index (χ4v) is 3.02. The van der Waals surface area contributed by atoms with Gasteiger partial charge >= 0.3 is 11.9 Å². The summed E-state index contributed by atoms with van der Waals surface area (Å²) in [7, 11) is 3.43. The molecule has 0 spiro atoms. The van der Waals surface area contributed by atoms with Crippen LogP contribution in [-0.4, -0.2) is 51.9 Å². The second-order valence-corrected chi connectivity index (χ2v) is 6.38. The van der Waals surface area contributed by atoms with Crippen LogP contribution in [-0.2, 0) is 12.7 Å². The molecule has 1 fully saturated rings. The molecule has 0 bridgehead atoms. The van der Waals surface area contributed by atoms with Gasteiger partial charge in [0.05, 0.1) is 30.4 Å². The highest BCUT2D eigenvalue weighted by Gasteiger charge is 2.43. The Labute approximate surface area is 147 Å². The third kappa shape index (κ3) is 3.89. The minimum Gasteiger partial charge on any atom is -0.369 e. The van der Waals surface area contributed by atoms with Crippen molar-refractivity contribution in [3.05, 3.63) is 16.3 Å². The van der Waals surface area contributed by atoms with Crippen LogP contribution >= 0.6 is 0 Å². The van der Waals surface area contributed by atoms with Crippen LogP contribution < -0.4 is 5.69 Å². The number of hydrogen-bond donors (Lipinski definition) is 0. The van der Waals surface area contributed by atoms with Crippen molar-refractivity contribution in [3.63, 3.8) is 0 Å². The summed E-state index contributed by atoms with van der Waals surface area (Å²) in [5.41, 5.74) is -1.02. The Hall–Kier alpha value is -2.38. The highest BCUT2D eigenvalue weighted by Crippen LogP contribution is 2.36. The average molecular weight is 376 g/mol. The van der Waals surface area contributed by atoms with Crippen LogP contribution in [0.1, 0.15) is 31.6 Å². The maximum absolute atomic E-state index is 14.6. The molecule has 1 aromatic heterocycles. The van der Waals surface area contributed by atoms with Gasteiger partial charge in [-0.1, -0.05) is 0 Å². The number of aliphatic imine (C=N–C) groups is 1. The van der Waals surface area contributed by atoms with E-state index in [1.807, 2.05) is 6.07 Å². The summed E-state index contributed by atoms with van der Waals surface area (Å²) in [4.78, 5) is 18.2. The van der Waals surface area contributed by atoms with Crippen LogP contribution in [0.4, 0.5) is 17.6 Å². The highest BCUT2D eigenvalue weighted by molar-refractivity contribution is 5.54. The molecule has 1 heterocycles. The lowest BCUT2D eigenvalue weighted by atomic mass is 9.81. The van der Waals surface area contributed by atoms with Gasteiger partial charge in [-0.25, -0.2) is 13.9 Å². The molecule has 2 rings (SSSR count). The molecule has 0 N–H and O–H groups in total. The first-order valence-electron chi connectivity index (χ1n) is 8.10. The third-order valence-electron chi connectivity index (χ3n) is 4.27. The lowest BCUT2D eigenvalue weighted by Gasteiger charge is -2.32. The van der Waals surface area contributed by atoms with E-state index in [0.29, 0.717) is 9.25 Å². The molecule has 26 heavy (non-hydrogen) atoms. The first-order chi connectivity index (χ1) is 12.1. The van der Waals surface area contributed by atoms with Crippen molar-refractivity contribution in [2.75, 3.05) is 14.1 Å². The summed E-state index contributed by atoms with van der Waals surface area (Å²) in [6.07, 6.45) is -5.33. The van der Waals surface area contributed by atoms with Gasteiger partial charge in [-0.2, -0.15) is 18.4 Å². The Bertz CT molecular complexity index is 760. The Morgan fingerprint density at radius 2 is 2.08 bits per heavy atom. The average Bonchev–Trinajstić information content (AvgIpc) is 2.89. The smallest absolute Gasteiger partial charge is 0.369 e. The molecule has 1 aliphatic carbocycles. The van der Waals surface area contributed by atoms with E-state index in [4.69, 9.17) is 0 Å². The maximum atomic E-state index is 14.6. The predicted octanol–water partition coefficient (Wildman–Crippen LogP) is 1.85. The molecular weight excluding hydrogens is 356 g/mol. The zero-order valence-corrected chi connectivity index (χ0v) is 14.6. The van der Waals surface area contributed by atoms with Crippen LogP contribution in [0.3, 0.4) is 0 Å². The maximum Gasteiger partial charge on any atom is 0.451 e. The summed E-state index contributed by atoms with van der Waals surface area (Å²) < 4.78 is 54.9. The quantitative estimate of drug-likeness (QED) is 0.456. The van der Waals surface area contributed by atoms with E-state index in [1.54, 1.807) is 19.0 Å². The first kappa shape index (κ1) is 19.9. The van der Waals surface area contributed by atoms with Gasteiger partial charge in [-0.15, -0.1) is 5.10 Å². The molecular formula is C15H20F4N6O. The summed E-state index contributed by atoms with van der Waals surface area (Å²) in [6.45, 7) is 1.15. The summed E-state index contributed by atoms with van der Waals surface area (Å²) in [5, 5.41) is 12.6. The molecule has 11 heteroatoms. The van der Waals surface area contributed by atoms with Gasteiger partial charge in [-0.3, -0.25) is 9.56 Å². The van der Waals surface area contributed by atoms with Gasteiger partial charge in [0.2, 0.25) is 5.82 Å². The molecule has 0 aromatic carbocycles. The van der Waals surface area contributed by atoms with Gasteiger partial charge in [-0.05, 0) is 19.8 Å². The number of rotatable bonds is 4. The van der Waals surface area contributed by atoms with E-state index in [2.05, 4.69) is 10.1 Å². The van der Waals surface area contributed by atoms with Crippen molar-refractivity contribution in [3.8, 4) is 6.07 Å². The Morgan fingerprint density at radius 1 is 1.42 bits per heavy atom. The third-order valence-corrected chi connectivity index (χ3v) is 4.27. The Morgan fingerprint density at radius 3 is 2.54 bits per heavy atom. The van der Waals surface area contributed by atoms with Gasteiger partial charge in [0.15, 0.2) is 0 Å². The lowest BCUT2D eigenvalue weighted by Crippen LogP contribution is -2.41. The summed E-state index contributed by atoms with van der Waals surface area (Å²) in [5.74, 6) is -2.07. The number of nitrogens with zero attached hydrogens (tertiary/aromatic N) is 6. The predicted molar refractivity (Wildman–Crippen MR) is 85.4 cm³/mol. The monoisotopic (exact) mass is 376 g/mol. The zero-order chi connectivity index (χ0) is 19.6. The molecule has 1 aliphatic rings. The Kier molecular flexibility index (Phi) is 5.73. The van der Waals surface area contributed by atoms with E-state index in [-0.39, 0.29) is 19.4 Å². The van der Waals surface area contributed by atoms with Crippen LogP contribution in [0.15, 0.2) is 9.79 Å². The first-order valence-corrected chi connectivity index (χ1v) is 8.10. The molecule has 0 radical (unpaired) electrons. The van der Waals surface area contributed by atoms with Crippen molar-refractivity contribution >= 4 is 6.34 Å². The SMILES string of the molecule is CCn1c(C(F)(F)F)nn(C2CC(N=CN(C)C)C(C#N)CC2F)c1=O. The molecule has 4 unspecified atom stereocenters. The largest absolute Gasteiger partial charge is 0.451 e. The van der Waals surface area contributed by atoms with E-state index in [9.17, 15) is 27.6 Å². The Balaban J connectivity index is 2.43. The molecule has 144 valence electrons. The second kappa shape index (κ2) is 7.47. The minimum absolute atomic E-state index is 0.0817. The van der Waals surface area contributed by atoms with E-state index in [1.165, 1.54) is 13.3 Å². The van der Waals surface area contributed by atoms with Gasteiger partial charge in [0.25, 0.3) is 0 Å². The van der Waals surface area contributed by atoms with E-state index >= 15 is 0 Å². The fraction of sp³-hybridized carbons (Fsp3) is 0.733. The van der Waals surface area contributed by atoms with Crippen LogP contribution in [0, 0.1) is 17.2 Å². The summed E-state index contributed by atoms with van der Waals surface area (Å²) >= 11 is 0. The summed E-state index contributed by atoms with van der Waals surface area (Å²) in [6, 6.07) is 0.146. The lowest BCUT2D eigenvalue weighted by molar-refractivity contribution is -0.147. The number of alkyl halides is 4. The highest BCUT2D eigenvalue weighted by atomic mass is 19.4. The standard InChI is InChI=1S/C15H20F4N6O/c1-4-24-13(15(17,18)19)22-25(14(24)26)12-6-11(21-8-23(2)3)9(7-20)5-10(12)16/h8-12H,4-6H2,1-3H3. The van der Waals surface area contributed by atoms with Crippen molar-refractivity contribution < 1.29 is 17.6 Å². The van der Waals surface area contributed by atoms with E-state index < -0.39 is 41.9 Å². The van der Waals surface area contributed by atoms with Crippen molar-refractivity contribution in [2.45, 2.75) is 50.7 Å². The van der Waals surface area contributed by atoms with Crippen LogP contribution in [0.2, 0.25) is 0 Å². The van der Waals surface area contributed by atoms with Crippen molar-refractivity contribution in [2.24, 2.45) is 10.9 Å². The molecule has 4 atom stereocenters. The number of halogens is 4. The van der Waals surface area contributed by atoms with Crippen molar-refractivity contribution in [1.82, 2.24) is 19.2 Å². The van der Waals surface area contributed by atoms with E-state index in [0.717, 1.165) is 0 Å². The van der Waals surface area contributed by atoms with Crippen LogP contribution in [0.5, 0.6) is 0 Å². The topological polar surface area (TPSA) is 79.2 Å². The minimum atomic E-state index is -4.82. The normalized spacial score (nSPS) is 26.8. The fourth-order valence-electron chi connectivity index (χ4n) is 3.02. The second-order valence-electron chi connectivity index (χ2n) is 6.38. The number of aromatic nitrogens is 3. The van der Waals surface area contributed by atoms with Crippen molar-refractivity contribution in [1.29, 1.82) is 5.26 Å². The molecule has 0 amide bonds. The molecule has 7 nitrogen and oxygen atoms in total. The van der Waals surface area contributed by atoms with Gasteiger partial charge < -0.3 is 4.90 Å². The molecule has 0 aliphatic heterocycles. The number of nitriles is 1. The van der Waals surface area contributed by atoms with Crippen LogP contribution in [0.25, 0.3) is 0 Å². The van der Waals surface area contributed by atoms with Gasteiger partial charge in [0.1, 0.15) is 6.17 Å².